The molecule has 0 aliphatic carbocycles. The molecule has 1 unspecified atom stereocenters. The van der Waals surface area contributed by atoms with Crippen molar-refractivity contribution < 1.29 is 14.3 Å². The molecule has 0 spiro atoms. The largest absolute Gasteiger partial charge is 0.448 e. The summed E-state index contributed by atoms with van der Waals surface area (Å²) in [7, 11) is 0. The maximum atomic E-state index is 12.3. The molecule has 0 saturated heterocycles. The molecule has 144 valence electrons. The van der Waals surface area contributed by atoms with Crippen LogP contribution >= 0.6 is 15.9 Å². The van der Waals surface area contributed by atoms with E-state index in [1.165, 1.54) is 0 Å². The lowest BCUT2D eigenvalue weighted by Gasteiger charge is -2.12. The summed E-state index contributed by atoms with van der Waals surface area (Å²) >= 11 is 3.38. The summed E-state index contributed by atoms with van der Waals surface area (Å²) in [5, 5.41) is 9.57. The van der Waals surface area contributed by atoms with Crippen LogP contribution in [0.3, 0.4) is 0 Å². The van der Waals surface area contributed by atoms with Crippen molar-refractivity contribution in [2.75, 3.05) is 6.54 Å². The van der Waals surface area contributed by atoms with E-state index in [4.69, 9.17) is 4.74 Å². The molecule has 3 rings (SSSR count). The maximum absolute atomic E-state index is 12.3. The molecular formula is C21H20BrN3O3. The summed E-state index contributed by atoms with van der Waals surface area (Å²) in [6.45, 7) is 2.02. The van der Waals surface area contributed by atoms with Crippen LogP contribution in [0.15, 0.2) is 65.1 Å². The summed E-state index contributed by atoms with van der Waals surface area (Å²) in [5.41, 5.74) is 2.82. The molecule has 0 bridgehead atoms. The molecule has 1 aromatic heterocycles. The Kier molecular flexibility index (Phi) is 6.60. The van der Waals surface area contributed by atoms with Gasteiger partial charge in [0.15, 0.2) is 6.10 Å². The van der Waals surface area contributed by atoms with Gasteiger partial charge in [-0.15, -0.1) is 0 Å². The van der Waals surface area contributed by atoms with Crippen molar-refractivity contribution in [1.29, 1.82) is 0 Å². The van der Waals surface area contributed by atoms with Crippen LogP contribution in [-0.2, 0) is 16.0 Å². The van der Waals surface area contributed by atoms with Crippen molar-refractivity contribution in [1.82, 2.24) is 15.5 Å². The molecule has 1 atom stereocenters. The van der Waals surface area contributed by atoms with Crippen LogP contribution in [0.2, 0.25) is 0 Å². The first kappa shape index (κ1) is 19.8. The lowest BCUT2D eigenvalue weighted by atomic mass is 10.1. The fourth-order valence-electron chi connectivity index (χ4n) is 2.59. The van der Waals surface area contributed by atoms with Crippen LogP contribution in [0, 0.1) is 0 Å². The molecule has 6 nitrogen and oxygen atoms in total. The number of carbonyl (C=O) groups is 2. The summed E-state index contributed by atoms with van der Waals surface area (Å²) in [6, 6.07) is 19.0. The zero-order valence-electron chi connectivity index (χ0n) is 15.3. The lowest BCUT2D eigenvalue weighted by molar-refractivity contribution is -0.129. The van der Waals surface area contributed by atoms with Gasteiger partial charge in [-0.1, -0.05) is 58.4 Å². The fourth-order valence-corrected chi connectivity index (χ4v) is 2.86. The zero-order valence-corrected chi connectivity index (χ0v) is 16.9. The van der Waals surface area contributed by atoms with Crippen molar-refractivity contribution in [3.63, 3.8) is 0 Å². The first-order valence-electron chi connectivity index (χ1n) is 8.87. The normalized spacial score (nSPS) is 11.6. The number of ether oxygens (including phenoxy) is 1. The maximum Gasteiger partial charge on any atom is 0.357 e. The van der Waals surface area contributed by atoms with Gasteiger partial charge in [0, 0.05) is 16.6 Å². The van der Waals surface area contributed by atoms with E-state index in [2.05, 4.69) is 31.4 Å². The number of hydrogen-bond acceptors (Lipinski definition) is 4. The van der Waals surface area contributed by atoms with Crippen molar-refractivity contribution >= 4 is 27.8 Å². The Balaban J connectivity index is 1.51. The number of aromatic amines is 1. The van der Waals surface area contributed by atoms with E-state index in [-0.39, 0.29) is 11.6 Å². The van der Waals surface area contributed by atoms with Crippen LogP contribution in [0.5, 0.6) is 0 Å². The minimum Gasteiger partial charge on any atom is -0.448 e. The Morgan fingerprint density at radius 3 is 2.57 bits per heavy atom. The van der Waals surface area contributed by atoms with Crippen LogP contribution in [0.1, 0.15) is 23.0 Å². The summed E-state index contributed by atoms with van der Waals surface area (Å²) < 4.78 is 6.20. The van der Waals surface area contributed by atoms with Crippen molar-refractivity contribution in [3.8, 4) is 11.3 Å². The van der Waals surface area contributed by atoms with Gasteiger partial charge in [-0.2, -0.15) is 5.10 Å². The molecule has 28 heavy (non-hydrogen) atoms. The Morgan fingerprint density at radius 2 is 1.86 bits per heavy atom. The Labute approximate surface area is 171 Å². The average molecular weight is 442 g/mol. The number of amides is 1. The van der Waals surface area contributed by atoms with Gasteiger partial charge in [-0.3, -0.25) is 9.89 Å². The van der Waals surface area contributed by atoms with E-state index in [1.54, 1.807) is 13.0 Å². The third kappa shape index (κ3) is 5.29. The number of halogens is 1. The molecule has 0 saturated carbocycles. The van der Waals surface area contributed by atoms with Crippen LogP contribution < -0.4 is 5.32 Å². The minimum absolute atomic E-state index is 0.196. The molecule has 2 N–H and O–H groups in total. The number of carbonyl (C=O) groups excluding carboxylic acids is 2. The van der Waals surface area contributed by atoms with Gasteiger partial charge >= 0.3 is 5.97 Å². The van der Waals surface area contributed by atoms with E-state index in [1.807, 2.05) is 54.6 Å². The third-order valence-electron chi connectivity index (χ3n) is 4.15. The molecule has 0 radical (unpaired) electrons. The quantitative estimate of drug-likeness (QED) is 0.546. The minimum atomic E-state index is -0.900. The van der Waals surface area contributed by atoms with E-state index in [9.17, 15) is 9.59 Å². The molecular weight excluding hydrogens is 422 g/mol. The predicted molar refractivity (Wildman–Crippen MR) is 110 cm³/mol. The third-order valence-corrected chi connectivity index (χ3v) is 4.68. The number of esters is 1. The second-order valence-electron chi connectivity index (χ2n) is 6.25. The van der Waals surface area contributed by atoms with E-state index < -0.39 is 12.1 Å². The van der Waals surface area contributed by atoms with Crippen LogP contribution in [0.4, 0.5) is 0 Å². The average Bonchev–Trinajstić information content (AvgIpc) is 3.19. The highest BCUT2D eigenvalue weighted by Crippen LogP contribution is 2.20. The van der Waals surface area contributed by atoms with Crippen molar-refractivity contribution in [2.45, 2.75) is 19.4 Å². The number of benzene rings is 2. The summed E-state index contributed by atoms with van der Waals surface area (Å²) in [4.78, 5) is 24.4. The van der Waals surface area contributed by atoms with Gasteiger partial charge < -0.3 is 10.1 Å². The van der Waals surface area contributed by atoms with Gasteiger partial charge in [-0.25, -0.2) is 4.79 Å². The molecule has 1 heterocycles. The lowest BCUT2D eigenvalue weighted by Crippen LogP contribution is -2.37. The highest BCUT2D eigenvalue weighted by atomic mass is 79.9. The number of nitrogens with one attached hydrogen (secondary N) is 2. The Bertz CT molecular complexity index is 939. The molecule has 0 fully saturated rings. The fraction of sp³-hybridized carbons (Fsp3) is 0.190. The van der Waals surface area contributed by atoms with Crippen LogP contribution in [-0.4, -0.2) is 34.7 Å². The topological polar surface area (TPSA) is 84.1 Å². The van der Waals surface area contributed by atoms with E-state index in [0.717, 1.165) is 15.6 Å². The van der Waals surface area contributed by atoms with Crippen LogP contribution in [0.25, 0.3) is 11.3 Å². The Hall–Kier alpha value is -2.93. The molecule has 0 aliphatic heterocycles. The first-order chi connectivity index (χ1) is 13.5. The van der Waals surface area contributed by atoms with Gasteiger partial charge in [-0.05, 0) is 37.1 Å². The number of aromatic nitrogens is 2. The molecule has 3 aromatic rings. The number of nitrogens with zero attached hydrogens (tertiary/aromatic N) is 1. The van der Waals surface area contributed by atoms with Gasteiger partial charge in [0.1, 0.15) is 5.69 Å². The monoisotopic (exact) mass is 441 g/mol. The molecule has 1 amide bonds. The number of H-pyrrole nitrogens is 1. The number of hydrogen-bond donors (Lipinski definition) is 2. The van der Waals surface area contributed by atoms with Gasteiger partial charge in [0.2, 0.25) is 0 Å². The SMILES string of the molecule is CC(OC(=O)c1cc(-c2ccc(Br)cc2)n[nH]1)C(=O)NCCc1ccccc1. The van der Waals surface area contributed by atoms with Crippen molar-refractivity contribution in [2.24, 2.45) is 0 Å². The summed E-state index contributed by atoms with van der Waals surface area (Å²) in [5.74, 6) is -0.960. The molecule has 7 heteroatoms. The standard InChI is InChI=1S/C21H20BrN3O3/c1-14(20(26)23-12-11-15-5-3-2-4-6-15)28-21(27)19-13-18(24-25-19)16-7-9-17(22)10-8-16/h2-10,13-14H,11-12H2,1H3,(H,23,26)(H,24,25). The predicted octanol–water partition coefficient (Wildman–Crippen LogP) is 3.74. The zero-order chi connectivity index (χ0) is 19.9. The van der Waals surface area contributed by atoms with E-state index >= 15 is 0 Å². The first-order valence-corrected chi connectivity index (χ1v) is 9.66. The second kappa shape index (κ2) is 9.32. The highest BCUT2D eigenvalue weighted by Gasteiger charge is 2.20. The van der Waals surface area contributed by atoms with Gasteiger partial charge in [0.05, 0.1) is 5.69 Å². The molecule has 2 aromatic carbocycles. The highest BCUT2D eigenvalue weighted by molar-refractivity contribution is 9.10. The van der Waals surface area contributed by atoms with Crippen molar-refractivity contribution in [3.05, 3.63) is 76.4 Å². The smallest absolute Gasteiger partial charge is 0.357 e. The molecule has 0 aliphatic rings. The Morgan fingerprint density at radius 1 is 1.14 bits per heavy atom. The summed E-state index contributed by atoms with van der Waals surface area (Å²) in [6.07, 6.45) is -0.188. The second-order valence-corrected chi connectivity index (χ2v) is 7.16. The van der Waals surface area contributed by atoms with E-state index in [0.29, 0.717) is 18.7 Å². The van der Waals surface area contributed by atoms with Gasteiger partial charge in [0.25, 0.3) is 5.91 Å². The number of rotatable bonds is 7.